The van der Waals surface area contributed by atoms with E-state index in [9.17, 15) is 0 Å². The molecule has 1 aliphatic heterocycles. The van der Waals surface area contributed by atoms with E-state index in [2.05, 4.69) is 126 Å². The predicted molar refractivity (Wildman–Crippen MR) is 175 cm³/mol. The molecule has 2 radical (unpaired) electrons. The van der Waals surface area contributed by atoms with E-state index in [1.54, 1.807) is 0 Å². The molecule has 1 atom stereocenters. The van der Waals surface area contributed by atoms with E-state index in [0.29, 0.717) is 11.8 Å². The molecule has 1 heterocycles. The average molecular weight is 659 g/mol. The monoisotopic (exact) mass is 656 g/mol. The summed E-state index contributed by atoms with van der Waals surface area (Å²) in [5.74, 6) is 1.15. The molecule has 0 fully saturated rings. The Labute approximate surface area is 262 Å². The van der Waals surface area contributed by atoms with Gasteiger partial charge in [0.1, 0.15) is 0 Å². The van der Waals surface area contributed by atoms with Crippen molar-refractivity contribution in [3.05, 3.63) is 114 Å². The van der Waals surface area contributed by atoms with Crippen LogP contribution in [0.4, 0.5) is 0 Å². The molecule has 0 N–H and O–H groups in total. The van der Waals surface area contributed by atoms with Crippen LogP contribution in [0, 0.1) is 6.07 Å². The van der Waals surface area contributed by atoms with E-state index in [1.807, 2.05) is 6.07 Å². The van der Waals surface area contributed by atoms with Gasteiger partial charge in [0.2, 0.25) is 0 Å². The Morgan fingerprint density at radius 2 is 1.52 bits per heavy atom. The molecule has 0 saturated carbocycles. The van der Waals surface area contributed by atoms with Crippen LogP contribution in [0.5, 0.6) is 0 Å². The zero-order valence-electron chi connectivity index (χ0n) is 24.0. The summed E-state index contributed by atoms with van der Waals surface area (Å²) >= 11 is -0.826. The molecule has 5 aromatic rings. The average Bonchev–Trinajstić information content (AvgIpc) is 3.59. The van der Waals surface area contributed by atoms with E-state index in [0.717, 1.165) is 15.9 Å². The molecule has 0 amide bonds. The molecular formula is C36H36Cl2SiZr. The van der Waals surface area contributed by atoms with Crippen LogP contribution in [-0.2, 0) is 27.3 Å². The second-order valence-electron chi connectivity index (χ2n) is 10.5. The maximum atomic E-state index is 4.93. The molecule has 40 heavy (non-hydrogen) atoms. The molecule has 0 nitrogen and oxygen atoms in total. The maximum Gasteiger partial charge on any atom is 0.0920 e. The van der Waals surface area contributed by atoms with Gasteiger partial charge < -0.3 is 0 Å². The van der Waals surface area contributed by atoms with Crippen LogP contribution >= 0.6 is 17.0 Å². The number of rotatable bonds is 5. The summed E-state index contributed by atoms with van der Waals surface area (Å²) in [6, 6.07) is 36.6. The van der Waals surface area contributed by atoms with Crippen molar-refractivity contribution in [2.75, 3.05) is 0 Å². The number of fused-ring (bicyclic) bond motifs is 4. The van der Waals surface area contributed by atoms with E-state index >= 15 is 0 Å². The second kappa shape index (κ2) is 14.9. The Balaban J connectivity index is 0.000000192. The molecule has 0 spiro atoms. The van der Waals surface area contributed by atoms with Gasteiger partial charge in [-0.25, -0.2) is 0 Å². The van der Waals surface area contributed by atoms with Crippen LogP contribution in [0.15, 0.2) is 91.0 Å². The summed E-state index contributed by atoms with van der Waals surface area (Å²) in [4.78, 5) is 0. The molecular weight excluding hydrogens is 623 g/mol. The molecule has 1 unspecified atom stereocenters. The standard InChI is InChI=1S/C24H29.C12H7Si.2ClH.Zr/c1-6-17(5)20-14-19-13-12-18(7-2)24(23(19)15-20)22-11-9-8-10-21(22)16(3)4;1-3-7-11-9(5-1)10-6-2-4-8-12(10)13-11;;;/h8-17H,6-7H2,1-5H3;1-7H;2*1H;/q2*-1;;;+4/p-2. The summed E-state index contributed by atoms with van der Waals surface area (Å²) in [6.45, 7) is 11.5. The van der Waals surface area contributed by atoms with Crippen LogP contribution in [0.2, 0.25) is 0 Å². The van der Waals surface area contributed by atoms with Gasteiger partial charge in [-0.15, -0.1) is 40.1 Å². The van der Waals surface area contributed by atoms with Gasteiger partial charge in [0.25, 0.3) is 0 Å². The number of halogens is 2. The maximum absolute atomic E-state index is 4.93. The zero-order valence-corrected chi connectivity index (χ0v) is 29.0. The minimum atomic E-state index is -0.826. The molecule has 0 aliphatic carbocycles. The molecule has 6 rings (SSSR count). The first-order valence-electron chi connectivity index (χ1n) is 14.1. The smallest absolute Gasteiger partial charge is 0.0920 e. The molecule has 0 saturated heterocycles. The number of benzene rings is 4. The van der Waals surface area contributed by atoms with E-state index < -0.39 is 20.8 Å². The van der Waals surface area contributed by atoms with Crippen LogP contribution in [0.25, 0.3) is 33.0 Å². The minimum absolute atomic E-state index is 0.533. The molecule has 0 aromatic heterocycles. The number of hydrogen-bond acceptors (Lipinski definition) is 0. The minimum Gasteiger partial charge on any atom is -0.184 e. The summed E-state index contributed by atoms with van der Waals surface area (Å²) in [5, 5.41) is 5.64. The SMILES string of the molecule is CCc1ccc2[cH-]c(C(C)CC)cc2c1-c1ccccc1C(C)C.[Cl][Zr+2][Cl].[c-]1cccc2c1[Si]c1ccccc1-2. The van der Waals surface area contributed by atoms with Crippen LogP contribution in [0.3, 0.4) is 0 Å². The van der Waals surface area contributed by atoms with Gasteiger partial charge in [0, 0.05) is 0 Å². The Morgan fingerprint density at radius 3 is 2.23 bits per heavy atom. The van der Waals surface area contributed by atoms with Gasteiger partial charge in [0.15, 0.2) is 0 Å². The van der Waals surface area contributed by atoms with Gasteiger partial charge in [-0.2, -0.15) is 35.5 Å². The van der Waals surface area contributed by atoms with Crippen molar-refractivity contribution in [1.29, 1.82) is 0 Å². The fourth-order valence-corrected chi connectivity index (χ4v) is 6.75. The van der Waals surface area contributed by atoms with Gasteiger partial charge in [-0.3, -0.25) is 0 Å². The quantitative estimate of drug-likeness (QED) is 0.128. The van der Waals surface area contributed by atoms with Crippen molar-refractivity contribution in [3.8, 4) is 22.3 Å². The van der Waals surface area contributed by atoms with Gasteiger partial charge in [-0.05, 0) is 29.4 Å². The van der Waals surface area contributed by atoms with Crippen molar-refractivity contribution in [3.63, 3.8) is 0 Å². The van der Waals surface area contributed by atoms with Crippen molar-refractivity contribution < 1.29 is 20.8 Å². The molecule has 5 aromatic carbocycles. The third-order valence-electron chi connectivity index (χ3n) is 7.75. The van der Waals surface area contributed by atoms with E-state index in [1.165, 1.54) is 66.5 Å². The Kier molecular flexibility index (Phi) is 11.6. The van der Waals surface area contributed by atoms with Crippen molar-refractivity contribution in [1.82, 2.24) is 0 Å². The number of aryl methyl sites for hydroxylation is 1. The Bertz CT molecular complexity index is 1510. The summed E-state index contributed by atoms with van der Waals surface area (Å²) < 4.78 is 0. The van der Waals surface area contributed by atoms with Crippen molar-refractivity contribution >= 4 is 47.7 Å². The molecule has 4 heteroatoms. The first kappa shape index (κ1) is 31.1. The topological polar surface area (TPSA) is 0 Å². The summed E-state index contributed by atoms with van der Waals surface area (Å²) in [5.41, 5.74) is 10.0. The van der Waals surface area contributed by atoms with Crippen molar-refractivity contribution in [2.45, 2.75) is 59.3 Å². The van der Waals surface area contributed by atoms with E-state index in [4.69, 9.17) is 17.0 Å². The van der Waals surface area contributed by atoms with Crippen molar-refractivity contribution in [2.24, 2.45) is 0 Å². The first-order valence-corrected chi connectivity index (χ1v) is 21.4. The summed E-state index contributed by atoms with van der Waals surface area (Å²) in [7, 11) is 10.7. The van der Waals surface area contributed by atoms with Gasteiger partial charge in [0.05, 0.1) is 9.52 Å². The van der Waals surface area contributed by atoms with Gasteiger partial charge in [-0.1, -0.05) is 111 Å². The fourth-order valence-electron chi connectivity index (χ4n) is 5.44. The molecule has 0 bridgehead atoms. The largest absolute Gasteiger partial charge is 0.184 e. The normalized spacial score (nSPS) is 12.0. The van der Waals surface area contributed by atoms with Crippen LogP contribution < -0.4 is 10.4 Å². The third kappa shape index (κ3) is 6.96. The van der Waals surface area contributed by atoms with Gasteiger partial charge >= 0.3 is 37.9 Å². The van der Waals surface area contributed by atoms with Crippen LogP contribution in [0.1, 0.15) is 69.6 Å². The number of hydrogen-bond donors (Lipinski definition) is 0. The Morgan fingerprint density at radius 1 is 0.850 bits per heavy atom. The second-order valence-corrected chi connectivity index (χ2v) is 15.5. The molecule has 1 aliphatic rings. The third-order valence-corrected chi connectivity index (χ3v) is 9.12. The zero-order chi connectivity index (χ0) is 28.6. The predicted octanol–water partition coefficient (Wildman–Crippen LogP) is 9.92. The first-order chi connectivity index (χ1) is 19.4. The van der Waals surface area contributed by atoms with Crippen LogP contribution in [-0.4, -0.2) is 9.52 Å². The molecule has 202 valence electrons. The van der Waals surface area contributed by atoms with E-state index in [-0.39, 0.29) is 0 Å². The Hall–Kier alpha value is -1.83. The summed E-state index contributed by atoms with van der Waals surface area (Å²) in [6.07, 6.45) is 2.26. The fraction of sp³-hybridized carbons (Fsp3) is 0.250.